The van der Waals surface area contributed by atoms with Crippen LogP contribution in [0, 0.1) is 0 Å². The highest BCUT2D eigenvalue weighted by atomic mass is 32.2. The molecule has 0 aromatic heterocycles. The van der Waals surface area contributed by atoms with E-state index in [2.05, 4.69) is 5.32 Å². The smallest absolute Gasteiger partial charge is 0.248 e. The van der Waals surface area contributed by atoms with Crippen molar-refractivity contribution in [1.82, 2.24) is 0 Å². The normalized spacial score (nSPS) is 15.7. The van der Waals surface area contributed by atoms with Crippen LogP contribution in [0.5, 0.6) is 5.75 Å². The maximum Gasteiger partial charge on any atom is 0.248 e. The van der Waals surface area contributed by atoms with Crippen molar-refractivity contribution in [1.29, 1.82) is 0 Å². The third-order valence-electron chi connectivity index (χ3n) is 5.14. The number of nitrogens with zero attached hydrogens (tertiary/aromatic N) is 1. The lowest BCUT2D eigenvalue weighted by atomic mass is 10.2. The van der Waals surface area contributed by atoms with E-state index in [-0.39, 0.29) is 24.1 Å². The average Bonchev–Trinajstić information content (AvgIpc) is 3.13. The molecule has 1 aliphatic heterocycles. The van der Waals surface area contributed by atoms with Gasteiger partial charge in [-0.25, -0.2) is 4.90 Å². The molecule has 1 aliphatic rings. The Hall–Kier alpha value is -3.84. The van der Waals surface area contributed by atoms with Crippen molar-refractivity contribution < 1.29 is 19.1 Å². The van der Waals surface area contributed by atoms with Crippen LogP contribution in [0.15, 0.2) is 89.8 Å². The molecule has 34 heavy (non-hydrogen) atoms. The monoisotopic (exact) mass is 472 g/mol. The molecular formula is C27H24N2O4S. The second-order valence-electron chi connectivity index (χ2n) is 7.56. The fourth-order valence-corrected chi connectivity index (χ4v) is 4.58. The summed E-state index contributed by atoms with van der Waals surface area (Å²) in [5.41, 5.74) is 2.14. The lowest BCUT2D eigenvalue weighted by molar-refractivity contribution is -0.121. The molecule has 3 aromatic rings. The van der Waals surface area contributed by atoms with E-state index in [4.69, 9.17) is 4.74 Å². The zero-order valence-electron chi connectivity index (χ0n) is 18.6. The molecule has 4 rings (SSSR count). The number of anilines is 2. The zero-order valence-corrected chi connectivity index (χ0v) is 19.5. The Morgan fingerprint density at radius 3 is 2.41 bits per heavy atom. The highest BCUT2D eigenvalue weighted by molar-refractivity contribution is 8.00. The SMILES string of the molecule is CCOc1ccc(N2C(=O)CC(Sc3ccc(NC(=O)/C=C/c4ccccc4)cc3)C2=O)cc1. The summed E-state index contributed by atoms with van der Waals surface area (Å²) in [6, 6.07) is 23.7. The maximum absolute atomic E-state index is 12.9. The predicted molar refractivity (Wildman–Crippen MR) is 135 cm³/mol. The number of imide groups is 1. The predicted octanol–water partition coefficient (Wildman–Crippen LogP) is 5.16. The van der Waals surface area contributed by atoms with E-state index >= 15 is 0 Å². The third-order valence-corrected chi connectivity index (χ3v) is 6.34. The summed E-state index contributed by atoms with van der Waals surface area (Å²) in [7, 11) is 0. The number of ether oxygens (including phenoxy) is 1. The van der Waals surface area contributed by atoms with Gasteiger partial charge in [0.1, 0.15) is 5.75 Å². The first-order valence-electron chi connectivity index (χ1n) is 10.9. The van der Waals surface area contributed by atoms with E-state index in [1.165, 1.54) is 22.7 Å². The van der Waals surface area contributed by atoms with Crippen molar-refractivity contribution in [3.63, 3.8) is 0 Å². The summed E-state index contributed by atoms with van der Waals surface area (Å²) in [6.45, 7) is 2.44. The van der Waals surface area contributed by atoms with Crippen molar-refractivity contribution in [3.05, 3.63) is 90.5 Å². The summed E-state index contributed by atoms with van der Waals surface area (Å²) >= 11 is 1.34. The zero-order chi connectivity index (χ0) is 23.9. The van der Waals surface area contributed by atoms with Crippen LogP contribution in [0.2, 0.25) is 0 Å². The number of amides is 3. The van der Waals surface area contributed by atoms with E-state index in [1.54, 1.807) is 42.5 Å². The van der Waals surface area contributed by atoms with E-state index in [0.29, 0.717) is 23.7 Å². The van der Waals surface area contributed by atoms with Gasteiger partial charge in [0.25, 0.3) is 0 Å². The van der Waals surface area contributed by atoms with Crippen molar-refractivity contribution in [2.75, 3.05) is 16.8 Å². The van der Waals surface area contributed by atoms with Gasteiger partial charge in [-0.05, 0) is 67.1 Å². The Bertz CT molecular complexity index is 1190. The quantitative estimate of drug-likeness (QED) is 0.362. The van der Waals surface area contributed by atoms with Crippen molar-refractivity contribution in [2.24, 2.45) is 0 Å². The topological polar surface area (TPSA) is 75.7 Å². The summed E-state index contributed by atoms with van der Waals surface area (Å²) < 4.78 is 5.42. The molecule has 1 fully saturated rings. The van der Waals surface area contributed by atoms with Crippen LogP contribution in [0.3, 0.4) is 0 Å². The lowest BCUT2D eigenvalue weighted by Gasteiger charge is -2.15. The summed E-state index contributed by atoms with van der Waals surface area (Å²) in [6.07, 6.45) is 3.37. The number of carbonyl (C=O) groups excluding carboxylic acids is 3. The van der Waals surface area contributed by atoms with E-state index in [1.807, 2.05) is 49.4 Å². The highest BCUT2D eigenvalue weighted by Gasteiger charge is 2.40. The van der Waals surface area contributed by atoms with Gasteiger partial charge >= 0.3 is 0 Å². The van der Waals surface area contributed by atoms with Gasteiger partial charge in [-0.15, -0.1) is 11.8 Å². The second-order valence-corrected chi connectivity index (χ2v) is 8.84. The molecule has 0 radical (unpaired) electrons. The van der Waals surface area contributed by atoms with Gasteiger partial charge in [-0.1, -0.05) is 30.3 Å². The minimum Gasteiger partial charge on any atom is -0.494 e. The standard InChI is InChI=1S/C27H24N2O4S/c1-2-33-22-13-11-21(12-14-22)29-26(31)18-24(27(29)32)34-23-15-9-20(10-16-23)28-25(30)17-8-19-6-4-3-5-7-19/h3-17,24H,2,18H2,1H3,(H,28,30)/b17-8+. The molecule has 3 amide bonds. The van der Waals surface area contributed by atoms with Crippen LogP contribution in [0.4, 0.5) is 11.4 Å². The Balaban J connectivity index is 1.35. The molecule has 3 aromatic carbocycles. The van der Waals surface area contributed by atoms with Crippen LogP contribution in [-0.2, 0) is 14.4 Å². The Kier molecular flexibility index (Phi) is 7.44. The molecule has 0 saturated carbocycles. The van der Waals surface area contributed by atoms with Crippen molar-refractivity contribution >= 4 is 46.9 Å². The number of benzene rings is 3. The molecule has 1 unspecified atom stereocenters. The van der Waals surface area contributed by atoms with Crippen LogP contribution >= 0.6 is 11.8 Å². The van der Waals surface area contributed by atoms with Gasteiger partial charge in [0, 0.05) is 23.1 Å². The molecular weight excluding hydrogens is 448 g/mol. The Labute approximate surface area is 202 Å². The summed E-state index contributed by atoms with van der Waals surface area (Å²) in [4.78, 5) is 39.7. The molecule has 1 atom stereocenters. The van der Waals surface area contributed by atoms with E-state index in [9.17, 15) is 14.4 Å². The van der Waals surface area contributed by atoms with Gasteiger partial charge in [0.15, 0.2) is 0 Å². The van der Waals surface area contributed by atoms with Crippen LogP contribution in [0.25, 0.3) is 6.08 Å². The number of nitrogens with one attached hydrogen (secondary N) is 1. The van der Waals surface area contributed by atoms with Crippen LogP contribution < -0.4 is 15.0 Å². The van der Waals surface area contributed by atoms with Gasteiger partial charge in [0.05, 0.1) is 17.5 Å². The first-order valence-corrected chi connectivity index (χ1v) is 11.8. The first kappa shape index (κ1) is 23.3. The van der Waals surface area contributed by atoms with Gasteiger partial charge in [-0.2, -0.15) is 0 Å². The second kappa shape index (κ2) is 10.9. The number of carbonyl (C=O) groups is 3. The Morgan fingerprint density at radius 2 is 1.74 bits per heavy atom. The number of hydrogen-bond donors (Lipinski definition) is 1. The minimum absolute atomic E-state index is 0.138. The minimum atomic E-state index is -0.492. The van der Waals surface area contributed by atoms with Crippen molar-refractivity contribution in [3.8, 4) is 5.75 Å². The fourth-order valence-electron chi connectivity index (χ4n) is 3.53. The summed E-state index contributed by atoms with van der Waals surface area (Å²) in [5.74, 6) is 0.00848. The first-order chi connectivity index (χ1) is 16.5. The summed E-state index contributed by atoms with van der Waals surface area (Å²) in [5, 5.41) is 2.32. The van der Waals surface area contributed by atoms with E-state index in [0.717, 1.165) is 10.5 Å². The molecule has 0 aliphatic carbocycles. The molecule has 1 heterocycles. The lowest BCUT2D eigenvalue weighted by Crippen LogP contribution is -2.31. The van der Waals surface area contributed by atoms with Gasteiger partial charge in [0.2, 0.25) is 17.7 Å². The largest absolute Gasteiger partial charge is 0.494 e. The molecule has 1 N–H and O–H groups in total. The molecule has 0 spiro atoms. The fraction of sp³-hybridized carbons (Fsp3) is 0.148. The number of thioether (sulfide) groups is 1. The maximum atomic E-state index is 12.9. The molecule has 172 valence electrons. The highest BCUT2D eigenvalue weighted by Crippen LogP contribution is 2.34. The number of hydrogen-bond acceptors (Lipinski definition) is 5. The number of rotatable bonds is 8. The van der Waals surface area contributed by atoms with Crippen molar-refractivity contribution in [2.45, 2.75) is 23.5 Å². The Morgan fingerprint density at radius 1 is 1.03 bits per heavy atom. The molecule has 6 nitrogen and oxygen atoms in total. The van der Waals surface area contributed by atoms with Gasteiger partial charge in [-0.3, -0.25) is 14.4 Å². The van der Waals surface area contributed by atoms with E-state index < -0.39 is 5.25 Å². The third kappa shape index (κ3) is 5.74. The molecule has 0 bridgehead atoms. The van der Waals surface area contributed by atoms with Gasteiger partial charge < -0.3 is 10.1 Å². The molecule has 1 saturated heterocycles. The average molecular weight is 473 g/mol. The van der Waals surface area contributed by atoms with Crippen LogP contribution in [0.1, 0.15) is 18.9 Å². The van der Waals surface area contributed by atoms with Crippen LogP contribution in [-0.4, -0.2) is 29.6 Å². The molecule has 7 heteroatoms.